The van der Waals surface area contributed by atoms with E-state index in [4.69, 9.17) is 0 Å². The van der Waals surface area contributed by atoms with Crippen molar-refractivity contribution in [2.24, 2.45) is 0 Å². The van der Waals surface area contributed by atoms with Crippen molar-refractivity contribution in [1.29, 1.82) is 0 Å². The van der Waals surface area contributed by atoms with Crippen molar-refractivity contribution < 1.29 is 19.1 Å². The highest BCUT2D eigenvalue weighted by atomic mass is 79.9. The van der Waals surface area contributed by atoms with E-state index in [1.807, 2.05) is 17.0 Å². The molecule has 3 aromatic heterocycles. The number of nitrogens with zero attached hydrogens (tertiary/aromatic N) is 8. The van der Waals surface area contributed by atoms with Crippen LogP contribution in [-0.4, -0.2) is 84.2 Å². The molecule has 14 heteroatoms. The summed E-state index contributed by atoms with van der Waals surface area (Å²) in [6.07, 6.45) is 2.98. The molecule has 1 saturated heterocycles. The molecule has 4 aromatic rings. The Morgan fingerprint density at radius 3 is 2.49 bits per heavy atom. The first-order chi connectivity index (χ1) is 18.8. The molecule has 1 aliphatic carbocycles. The van der Waals surface area contributed by atoms with Crippen LogP contribution in [0.4, 0.5) is 10.2 Å². The van der Waals surface area contributed by atoms with Crippen molar-refractivity contribution in [1.82, 2.24) is 34.7 Å². The molecular weight excluding hydrogens is 575 g/mol. The first kappa shape index (κ1) is 25.2. The number of ketones is 1. The Kier molecular flexibility index (Phi) is 6.43. The summed E-state index contributed by atoms with van der Waals surface area (Å²) in [5, 5.41) is 20.9. The maximum absolute atomic E-state index is 15.2. The SMILES string of the molecule is O=C(O)c1cn(C2CC2)c2nc(N3CCN(CC(=O)c4nnnn4-c4ccc(Br)cc4)CC3)c(F)cc2c1=O. The number of carbonyl (C=O) groups is 2. The van der Waals surface area contributed by atoms with Gasteiger partial charge in [0, 0.05) is 42.9 Å². The summed E-state index contributed by atoms with van der Waals surface area (Å²) in [5.41, 5.74) is -0.204. The molecule has 6 rings (SSSR count). The van der Waals surface area contributed by atoms with Gasteiger partial charge >= 0.3 is 5.97 Å². The maximum atomic E-state index is 15.2. The predicted octanol–water partition coefficient (Wildman–Crippen LogP) is 2.31. The normalized spacial score (nSPS) is 16.1. The van der Waals surface area contributed by atoms with Gasteiger partial charge in [-0.25, -0.2) is 14.2 Å². The maximum Gasteiger partial charge on any atom is 0.341 e. The number of anilines is 1. The number of carboxylic acids is 1. The fourth-order valence-corrected chi connectivity index (χ4v) is 5.02. The first-order valence-electron chi connectivity index (χ1n) is 12.3. The van der Waals surface area contributed by atoms with Crippen molar-refractivity contribution in [3.63, 3.8) is 0 Å². The van der Waals surface area contributed by atoms with Crippen LogP contribution in [0.2, 0.25) is 0 Å². The van der Waals surface area contributed by atoms with Crippen molar-refractivity contribution in [3.05, 3.63) is 68.4 Å². The zero-order chi connectivity index (χ0) is 27.3. The number of carboxylic acid groups (broad SMARTS) is 1. The highest BCUT2D eigenvalue weighted by Gasteiger charge is 2.30. The molecule has 0 atom stereocenters. The molecule has 200 valence electrons. The average molecular weight is 597 g/mol. The number of hydrogen-bond acceptors (Lipinski definition) is 9. The van der Waals surface area contributed by atoms with Gasteiger partial charge in [-0.15, -0.1) is 5.10 Å². The molecule has 0 amide bonds. The minimum absolute atomic E-state index is 0.0359. The zero-order valence-electron chi connectivity index (χ0n) is 20.5. The summed E-state index contributed by atoms with van der Waals surface area (Å²) >= 11 is 3.38. The number of piperazine rings is 1. The van der Waals surface area contributed by atoms with Crippen LogP contribution < -0.4 is 10.3 Å². The van der Waals surface area contributed by atoms with Crippen LogP contribution >= 0.6 is 15.9 Å². The molecule has 39 heavy (non-hydrogen) atoms. The smallest absolute Gasteiger partial charge is 0.341 e. The van der Waals surface area contributed by atoms with Crippen molar-refractivity contribution in [2.45, 2.75) is 18.9 Å². The Hall–Kier alpha value is -4.04. The fraction of sp³-hybridized carbons (Fsp3) is 0.320. The molecule has 1 aromatic carbocycles. The Morgan fingerprint density at radius 1 is 1.10 bits per heavy atom. The molecule has 12 nitrogen and oxygen atoms in total. The van der Waals surface area contributed by atoms with Crippen LogP contribution in [0.15, 0.2) is 45.8 Å². The van der Waals surface area contributed by atoms with Crippen molar-refractivity contribution in [3.8, 4) is 5.69 Å². The second kappa shape index (κ2) is 9.93. The molecule has 2 aliphatic rings. The van der Waals surface area contributed by atoms with Gasteiger partial charge in [-0.2, -0.15) is 4.68 Å². The second-order valence-electron chi connectivity index (χ2n) is 9.56. The summed E-state index contributed by atoms with van der Waals surface area (Å²) < 4.78 is 19.2. The van der Waals surface area contributed by atoms with E-state index in [-0.39, 0.29) is 41.0 Å². The van der Waals surface area contributed by atoms with Crippen LogP contribution in [0.5, 0.6) is 0 Å². The molecule has 0 bridgehead atoms. The molecule has 0 spiro atoms. The number of aromatic carboxylic acids is 1. The summed E-state index contributed by atoms with van der Waals surface area (Å²) in [5.74, 6) is -2.06. The lowest BCUT2D eigenvalue weighted by Crippen LogP contribution is -2.48. The number of aromatic nitrogens is 6. The van der Waals surface area contributed by atoms with Gasteiger partial charge in [0.2, 0.25) is 17.0 Å². The summed E-state index contributed by atoms with van der Waals surface area (Å²) in [7, 11) is 0. The lowest BCUT2D eigenvalue weighted by atomic mass is 10.1. The van der Waals surface area contributed by atoms with Crippen LogP contribution in [0.1, 0.15) is 39.9 Å². The Morgan fingerprint density at radius 2 is 1.82 bits per heavy atom. The van der Waals surface area contributed by atoms with Gasteiger partial charge in [0.15, 0.2) is 11.6 Å². The molecule has 0 unspecified atom stereocenters. The summed E-state index contributed by atoms with van der Waals surface area (Å²) in [6, 6.07) is 8.38. The molecule has 2 fully saturated rings. The Labute approximate surface area is 228 Å². The third-order valence-corrected chi connectivity index (χ3v) is 7.47. The number of fused-ring (bicyclic) bond motifs is 1. The van der Waals surface area contributed by atoms with E-state index in [9.17, 15) is 19.5 Å². The van der Waals surface area contributed by atoms with E-state index in [1.54, 1.807) is 21.6 Å². The zero-order valence-corrected chi connectivity index (χ0v) is 22.1. The number of halogens is 2. The van der Waals surface area contributed by atoms with E-state index in [1.165, 1.54) is 10.9 Å². The number of hydrogen-bond donors (Lipinski definition) is 1. The monoisotopic (exact) mass is 596 g/mol. The van der Waals surface area contributed by atoms with Gasteiger partial charge in [0.1, 0.15) is 11.2 Å². The second-order valence-corrected chi connectivity index (χ2v) is 10.5. The minimum atomic E-state index is -1.35. The number of carbonyl (C=O) groups excluding carboxylic acids is 1. The van der Waals surface area contributed by atoms with E-state index in [0.717, 1.165) is 23.4 Å². The molecule has 1 N–H and O–H groups in total. The molecule has 1 aliphatic heterocycles. The van der Waals surface area contributed by atoms with Crippen LogP contribution in [0, 0.1) is 5.82 Å². The van der Waals surface area contributed by atoms with E-state index in [0.29, 0.717) is 31.9 Å². The molecule has 1 saturated carbocycles. The number of tetrazole rings is 1. The molecular formula is C25H22BrFN8O4. The van der Waals surface area contributed by atoms with Gasteiger partial charge in [-0.05, 0) is 53.6 Å². The first-order valence-corrected chi connectivity index (χ1v) is 13.1. The third kappa shape index (κ3) is 4.81. The van der Waals surface area contributed by atoms with E-state index >= 15 is 4.39 Å². The van der Waals surface area contributed by atoms with Crippen LogP contribution in [-0.2, 0) is 0 Å². The van der Waals surface area contributed by atoms with E-state index in [2.05, 4.69) is 36.4 Å². The lowest BCUT2D eigenvalue weighted by molar-refractivity contribution is 0.0694. The van der Waals surface area contributed by atoms with Gasteiger partial charge < -0.3 is 14.6 Å². The summed E-state index contributed by atoms with van der Waals surface area (Å²) in [4.78, 5) is 45.5. The van der Waals surface area contributed by atoms with Crippen molar-refractivity contribution >= 4 is 44.5 Å². The number of pyridine rings is 2. The van der Waals surface area contributed by atoms with Gasteiger partial charge in [-0.1, -0.05) is 15.9 Å². The van der Waals surface area contributed by atoms with Crippen LogP contribution in [0.25, 0.3) is 16.7 Å². The van der Waals surface area contributed by atoms with Crippen molar-refractivity contribution in [2.75, 3.05) is 37.6 Å². The summed E-state index contributed by atoms with van der Waals surface area (Å²) in [6.45, 7) is 1.84. The number of Topliss-reactive ketones (excluding diaryl/α,β-unsaturated/α-hetero) is 1. The quantitative estimate of drug-likeness (QED) is 0.316. The van der Waals surface area contributed by atoms with Gasteiger partial charge in [0.25, 0.3) is 0 Å². The number of rotatable bonds is 7. The fourth-order valence-electron chi connectivity index (χ4n) is 4.75. The molecule has 4 heterocycles. The average Bonchev–Trinajstić information content (AvgIpc) is 3.65. The lowest BCUT2D eigenvalue weighted by Gasteiger charge is -2.35. The predicted molar refractivity (Wildman–Crippen MR) is 141 cm³/mol. The standard InChI is InChI=1S/C25H22BrFN8O4/c26-14-1-3-16(4-2-14)35-24(29-30-31-35)20(36)13-32-7-9-33(10-8-32)23-19(27)11-17-21(37)18(25(38)39)12-34(15-5-6-15)22(17)28-23/h1-4,11-12,15H,5-10,13H2,(H,38,39). The largest absolute Gasteiger partial charge is 0.477 e. The topological polar surface area (TPSA) is 139 Å². The number of benzene rings is 1. The highest BCUT2D eigenvalue weighted by molar-refractivity contribution is 9.10. The Balaban J connectivity index is 1.19. The van der Waals surface area contributed by atoms with Gasteiger partial charge in [-0.3, -0.25) is 14.5 Å². The van der Waals surface area contributed by atoms with Gasteiger partial charge in [0.05, 0.1) is 17.6 Å². The minimum Gasteiger partial charge on any atom is -0.477 e. The highest BCUT2D eigenvalue weighted by Crippen LogP contribution is 2.37. The molecule has 0 radical (unpaired) electrons. The third-order valence-electron chi connectivity index (χ3n) is 6.94. The van der Waals surface area contributed by atoms with E-state index < -0.39 is 22.8 Å². The van der Waals surface area contributed by atoms with Crippen LogP contribution in [0.3, 0.4) is 0 Å². The Bertz CT molecular complexity index is 1660.